The van der Waals surface area contributed by atoms with Gasteiger partial charge in [-0.25, -0.2) is 8.78 Å². The van der Waals surface area contributed by atoms with Gasteiger partial charge in [0.25, 0.3) is 0 Å². The topological polar surface area (TPSA) is 26.3 Å². The van der Waals surface area contributed by atoms with Crippen LogP contribution in [0.3, 0.4) is 0 Å². The van der Waals surface area contributed by atoms with E-state index in [0.29, 0.717) is 5.75 Å². The highest BCUT2D eigenvalue weighted by Gasteiger charge is 2.09. The summed E-state index contributed by atoms with van der Waals surface area (Å²) in [4.78, 5) is 10.4. The molecule has 0 N–H and O–H groups in total. The monoisotopic (exact) mass is 248 g/mol. The quantitative estimate of drug-likeness (QED) is 0.775. The van der Waals surface area contributed by atoms with Gasteiger partial charge in [-0.05, 0) is 24.3 Å². The van der Waals surface area contributed by atoms with Crippen molar-refractivity contribution in [1.82, 2.24) is 0 Å². The lowest BCUT2D eigenvalue weighted by Crippen LogP contribution is -2.01. The summed E-state index contributed by atoms with van der Waals surface area (Å²) in [6, 6.07) is 10.7. The van der Waals surface area contributed by atoms with Gasteiger partial charge < -0.3 is 4.74 Å². The van der Waals surface area contributed by atoms with Crippen LogP contribution in [0.25, 0.3) is 0 Å². The molecule has 0 unspecified atom stereocenters. The van der Waals surface area contributed by atoms with Gasteiger partial charge in [0.2, 0.25) is 0 Å². The van der Waals surface area contributed by atoms with Crippen molar-refractivity contribution in [3.05, 3.63) is 65.2 Å². The van der Waals surface area contributed by atoms with E-state index < -0.39 is 11.6 Å². The zero-order valence-electron chi connectivity index (χ0n) is 9.40. The molecule has 2 rings (SSSR count). The predicted molar refractivity (Wildman–Crippen MR) is 62.5 cm³/mol. The fourth-order valence-corrected chi connectivity index (χ4v) is 1.48. The molecule has 0 aliphatic carbocycles. The molecule has 2 aromatic rings. The molecule has 0 amide bonds. The van der Waals surface area contributed by atoms with Gasteiger partial charge in [0.05, 0.1) is 5.56 Å². The summed E-state index contributed by atoms with van der Waals surface area (Å²) < 4.78 is 32.1. The molecule has 92 valence electrons. The molecular formula is C14H10F2O2. The number of aldehydes is 1. The summed E-state index contributed by atoms with van der Waals surface area (Å²) in [5.41, 5.74) is -0.224. The zero-order valence-corrected chi connectivity index (χ0v) is 9.40. The second kappa shape index (κ2) is 5.40. The SMILES string of the molecule is O=Cc1cc(F)c(COc2ccccc2)cc1F. The Morgan fingerprint density at radius 1 is 1.06 bits per heavy atom. The molecule has 18 heavy (non-hydrogen) atoms. The fraction of sp³-hybridized carbons (Fsp3) is 0.0714. The van der Waals surface area contributed by atoms with Crippen LogP contribution in [0, 0.1) is 11.6 Å². The maximum Gasteiger partial charge on any atom is 0.153 e. The number of halogens is 2. The minimum atomic E-state index is -0.752. The van der Waals surface area contributed by atoms with E-state index in [2.05, 4.69) is 0 Å². The van der Waals surface area contributed by atoms with Crippen LogP contribution in [-0.2, 0) is 6.61 Å². The first kappa shape index (κ1) is 12.2. The van der Waals surface area contributed by atoms with Crippen LogP contribution in [0.1, 0.15) is 15.9 Å². The highest BCUT2D eigenvalue weighted by molar-refractivity contribution is 5.75. The maximum absolute atomic E-state index is 13.5. The van der Waals surface area contributed by atoms with Gasteiger partial charge in [0.15, 0.2) is 6.29 Å². The van der Waals surface area contributed by atoms with Crippen molar-refractivity contribution in [3.63, 3.8) is 0 Å². The Bertz CT molecular complexity index is 553. The van der Waals surface area contributed by atoms with Gasteiger partial charge >= 0.3 is 0 Å². The van der Waals surface area contributed by atoms with Crippen molar-refractivity contribution in [2.45, 2.75) is 6.61 Å². The van der Waals surface area contributed by atoms with Crippen molar-refractivity contribution in [2.24, 2.45) is 0 Å². The Labute approximate surface area is 103 Å². The van der Waals surface area contributed by atoms with Crippen LogP contribution in [0.4, 0.5) is 8.78 Å². The van der Waals surface area contributed by atoms with Crippen LogP contribution in [0.2, 0.25) is 0 Å². The predicted octanol–water partition coefficient (Wildman–Crippen LogP) is 3.36. The van der Waals surface area contributed by atoms with E-state index in [1.165, 1.54) is 0 Å². The molecule has 0 aliphatic rings. The van der Waals surface area contributed by atoms with Crippen molar-refractivity contribution >= 4 is 6.29 Å². The highest BCUT2D eigenvalue weighted by atomic mass is 19.1. The molecule has 0 bridgehead atoms. The lowest BCUT2D eigenvalue weighted by Gasteiger charge is -2.07. The van der Waals surface area contributed by atoms with Crippen molar-refractivity contribution in [1.29, 1.82) is 0 Å². The molecular weight excluding hydrogens is 238 g/mol. The molecule has 0 spiro atoms. The number of para-hydroxylation sites is 1. The van der Waals surface area contributed by atoms with Crippen LogP contribution < -0.4 is 4.74 Å². The lowest BCUT2D eigenvalue weighted by molar-refractivity contribution is 0.111. The first-order valence-corrected chi connectivity index (χ1v) is 5.31. The molecule has 0 heterocycles. The second-order valence-electron chi connectivity index (χ2n) is 3.68. The standard InChI is InChI=1S/C14H10F2O2/c15-13-7-11(14(16)6-10(13)8-17)9-18-12-4-2-1-3-5-12/h1-8H,9H2. The summed E-state index contributed by atoms with van der Waals surface area (Å²) in [5.74, 6) is -0.843. The molecule has 0 saturated heterocycles. The molecule has 0 fully saturated rings. The summed E-state index contributed by atoms with van der Waals surface area (Å²) >= 11 is 0. The largest absolute Gasteiger partial charge is 0.489 e. The Balaban J connectivity index is 2.15. The first-order chi connectivity index (χ1) is 8.70. The molecule has 0 aliphatic heterocycles. The maximum atomic E-state index is 13.5. The Kier molecular flexibility index (Phi) is 3.67. The van der Waals surface area contributed by atoms with E-state index in [-0.39, 0.29) is 24.0 Å². The van der Waals surface area contributed by atoms with Gasteiger partial charge in [-0.2, -0.15) is 0 Å². The van der Waals surface area contributed by atoms with Crippen molar-refractivity contribution in [3.8, 4) is 5.75 Å². The van der Waals surface area contributed by atoms with E-state index in [0.717, 1.165) is 12.1 Å². The first-order valence-electron chi connectivity index (χ1n) is 5.31. The summed E-state index contributed by atoms with van der Waals surface area (Å²) in [7, 11) is 0. The molecule has 4 heteroatoms. The Morgan fingerprint density at radius 3 is 2.44 bits per heavy atom. The normalized spacial score (nSPS) is 10.1. The third-order valence-corrected chi connectivity index (χ3v) is 2.43. The highest BCUT2D eigenvalue weighted by Crippen LogP contribution is 2.17. The van der Waals surface area contributed by atoms with Gasteiger partial charge in [0, 0.05) is 5.56 Å². The smallest absolute Gasteiger partial charge is 0.153 e. The van der Waals surface area contributed by atoms with E-state index in [4.69, 9.17) is 4.74 Å². The van der Waals surface area contributed by atoms with Crippen LogP contribution in [0.5, 0.6) is 5.75 Å². The molecule has 0 radical (unpaired) electrons. The number of benzene rings is 2. The van der Waals surface area contributed by atoms with E-state index in [9.17, 15) is 13.6 Å². The average molecular weight is 248 g/mol. The Hall–Kier alpha value is -2.23. The number of carbonyl (C=O) groups excluding carboxylic acids is 1. The number of hydrogen-bond donors (Lipinski definition) is 0. The lowest BCUT2D eigenvalue weighted by atomic mass is 10.1. The summed E-state index contributed by atoms with van der Waals surface area (Å²) in [6.45, 7) is -0.0914. The number of hydrogen-bond acceptors (Lipinski definition) is 2. The van der Waals surface area contributed by atoms with Crippen molar-refractivity contribution < 1.29 is 18.3 Å². The minimum absolute atomic E-state index is 0.0713. The van der Waals surface area contributed by atoms with Crippen LogP contribution in [-0.4, -0.2) is 6.29 Å². The molecule has 0 atom stereocenters. The van der Waals surface area contributed by atoms with E-state index in [1.807, 2.05) is 6.07 Å². The van der Waals surface area contributed by atoms with Gasteiger partial charge in [0.1, 0.15) is 24.0 Å². The molecule has 2 aromatic carbocycles. The Morgan fingerprint density at radius 2 is 1.78 bits per heavy atom. The second-order valence-corrected chi connectivity index (χ2v) is 3.68. The third kappa shape index (κ3) is 2.71. The zero-order chi connectivity index (χ0) is 13.0. The fourth-order valence-electron chi connectivity index (χ4n) is 1.48. The minimum Gasteiger partial charge on any atom is -0.489 e. The summed E-state index contributed by atoms with van der Waals surface area (Å²) in [6.07, 6.45) is 0.278. The van der Waals surface area contributed by atoms with Gasteiger partial charge in [-0.15, -0.1) is 0 Å². The van der Waals surface area contributed by atoms with Crippen LogP contribution in [0.15, 0.2) is 42.5 Å². The molecule has 2 nitrogen and oxygen atoms in total. The number of ether oxygens (including phenoxy) is 1. The number of carbonyl (C=O) groups is 1. The van der Waals surface area contributed by atoms with Crippen molar-refractivity contribution in [2.75, 3.05) is 0 Å². The van der Waals surface area contributed by atoms with Gasteiger partial charge in [-0.1, -0.05) is 18.2 Å². The average Bonchev–Trinajstić information content (AvgIpc) is 2.40. The number of rotatable bonds is 4. The van der Waals surface area contributed by atoms with Gasteiger partial charge in [-0.3, -0.25) is 4.79 Å². The molecule has 0 aromatic heterocycles. The summed E-state index contributed by atoms with van der Waals surface area (Å²) in [5, 5.41) is 0. The van der Waals surface area contributed by atoms with E-state index >= 15 is 0 Å². The third-order valence-electron chi connectivity index (χ3n) is 2.43. The van der Waals surface area contributed by atoms with Crippen LogP contribution >= 0.6 is 0 Å². The van der Waals surface area contributed by atoms with E-state index in [1.54, 1.807) is 24.3 Å². The molecule has 0 saturated carbocycles.